The van der Waals surface area contributed by atoms with Crippen LogP contribution in [0.15, 0.2) is 53.5 Å². The Labute approximate surface area is 154 Å². The molecule has 0 spiro atoms. The Kier molecular flexibility index (Phi) is 7.67. The first-order chi connectivity index (χ1) is 10.6. The van der Waals surface area contributed by atoms with Gasteiger partial charge in [-0.3, -0.25) is 0 Å². The monoisotopic (exact) mass is 426 g/mol. The first-order valence-electron chi connectivity index (χ1n) is 7.06. The zero-order valence-electron chi connectivity index (χ0n) is 13.6. The molecule has 6 heteroatoms. The van der Waals surface area contributed by atoms with Gasteiger partial charge < -0.3 is 20.7 Å². The predicted molar refractivity (Wildman–Crippen MR) is 108 cm³/mol. The van der Waals surface area contributed by atoms with E-state index in [9.17, 15) is 0 Å². The highest BCUT2D eigenvalue weighted by atomic mass is 127. The number of ether oxygens (including phenoxy) is 1. The number of nitrogens with zero attached hydrogens (tertiary/aromatic N) is 2. The summed E-state index contributed by atoms with van der Waals surface area (Å²) in [6.07, 6.45) is 0. The maximum absolute atomic E-state index is 5.91. The van der Waals surface area contributed by atoms with Crippen molar-refractivity contribution in [1.82, 2.24) is 0 Å². The van der Waals surface area contributed by atoms with Crippen LogP contribution < -0.4 is 20.7 Å². The van der Waals surface area contributed by atoms with E-state index in [1.165, 1.54) is 0 Å². The van der Waals surface area contributed by atoms with Crippen molar-refractivity contribution in [3.8, 4) is 5.75 Å². The van der Waals surface area contributed by atoms with E-state index in [0.29, 0.717) is 12.5 Å². The largest absolute Gasteiger partial charge is 0.497 e. The number of guanidine groups is 1. The van der Waals surface area contributed by atoms with E-state index in [0.717, 1.165) is 22.7 Å². The lowest BCUT2D eigenvalue weighted by Crippen LogP contribution is -2.22. The van der Waals surface area contributed by atoms with Crippen LogP contribution in [0.4, 0.5) is 11.4 Å². The van der Waals surface area contributed by atoms with Crippen LogP contribution in [0.25, 0.3) is 0 Å². The first kappa shape index (κ1) is 19.1. The van der Waals surface area contributed by atoms with Gasteiger partial charge in [0.2, 0.25) is 0 Å². The number of aliphatic imine (C=N–C) groups is 1. The second-order valence-electron chi connectivity index (χ2n) is 5.12. The van der Waals surface area contributed by atoms with Crippen molar-refractivity contribution in [2.24, 2.45) is 10.7 Å². The molecule has 0 aromatic heterocycles. The lowest BCUT2D eigenvalue weighted by Gasteiger charge is -2.12. The number of nitrogens with one attached hydrogen (secondary N) is 1. The van der Waals surface area contributed by atoms with Gasteiger partial charge in [0.15, 0.2) is 5.96 Å². The average Bonchev–Trinajstić information content (AvgIpc) is 2.53. The Morgan fingerprint density at radius 2 is 1.87 bits per heavy atom. The summed E-state index contributed by atoms with van der Waals surface area (Å²) in [5, 5.41) is 3.06. The lowest BCUT2D eigenvalue weighted by molar-refractivity contribution is 0.415. The fraction of sp³-hybridized carbons (Fsp3) is 0.235. The van der Waals surface area contributed by atoms with Gasteiger partial charge in [-0.05, 0) is 29.8 Å². The smallest absolute Gasteiger partial charge is 0.193 e. The number of hydrogen-bond acceptors (Lipinski definition) is 3. The molecule has 0 aliphatic rings. The van der Waals surface area contributed by atoms with Crippen LogP contribution in [-0.2, 0) is 6.54 Å². The third-order valence-corrected chi connectivity index (χ3v) is 3.23. The molecule has 0 atom stereocenters. The zero-order valence-corrected chi connectivity index (χ0v) is 15.9. The number of nitrogens with two attached hydrogens (primary N) is 1. The Hall–Kier alpha value is -1.96. The third kappa shape index (κ3) is 5.97. The molecule has 0 radical (unpaired) electrons. The molecule has 0 bridgehead atoms. The zero-order chi connectivity index (χ0) is 15.9. The third-order valence-electron chi connectivity index (χ3n) is 3.23. The summed E-state index contributed by atoms with van der Waals surface area (Å²) < 4.78 is 5.17. The van der Waals surface area contributed by atoms with Gasteiger partial charge in [-0.2, -0.15) is 0 Å². The fourth-order valence-corrected chi connectivity index (χ4v) is 1.96. The van der Waals surface area contributed by atoms with Crippen LogP contribution in [0.3, 0.4) is 0 Å². The van der Waals surface area contributed by atoms with Gasteiger partial charge in [-0.1, -0.05) is 18.2 Å². The van der Waals surface area contributed by atoms with E-state index < -0.39 is 0 Å². The van der Waals surface area contributed by atoms with Crippen molar-refractivity contribution in [2.45, 2.75) is 6.54 Å². The number of hydrogen-bond donors (Lipinski definition) is 2. The lowest BCUT2D eigenvalue weighted by atomic mass is 10.2. The summed E-state index contributed by atoms with van der Waals surface area (Å²) in [4.78, 5) is 6.41. The molecule has 0 aliphatic carbocycles. The van der Waals surface area contributed by atoms with Gasteiger partial charge in [-0.15, -0.1) is 24.0 Å². The molecule has 0 aliphatic heterocycles. The van der Waals surface area contributed by atoms with Crippen molar-refractivity contribution >= 4 is 41.3 Å². The Balaban J connectivity index is 0.00000264. The maximum Gasteiger partial charge on any atom is 0.193 e. The molecule has 0 fully saturated rings. The molecule has 0 saturated carbocycles. The molecule has 0 saturated heterocycles. The Bertz CT molecular complexity index is 641. The quantitative estimate of drug-likeness (QED) is 0.438. The van der Waals surface area contributed by atoms with E-state index in [4.69, 9.17) is 10.5 Å². The molecule has 2 aromatic carbocycles. The van der Waals surface area contributed by atoms with Crippen LogP contribution in [-0.4, -0.2) is 27.2 Å². The molecular formula is C17H23IN4O. The molecule has 0 unspecified atom stereocenters. The van der Waals surface area contributed by atoms with Crippen molar-refractivity contribution in [2.75, 3.05) is 31.4 Å². The minimum Gasteiger partial charge on any atom is -0.497 e. The van der Waals surface area contributed by atoms with Gasteiger partial charge in [0, 0.05) is 31.5 Å². The normalized spacial score (nSPS) is 10.7. The molecule has 0 heterocycles. The van der Waals surface area contributed by atoms with Crippen molar-refractivity contribution in [3.63, 3.8) is 0 Å². The molecule has 3 N–H and O–H groups in total. The van der Waals surface area contributed by atoms with Crippen LogP contribution >= 0.6 is 24.0 Å². The standard InChI is InChI=1S/C17H22N4O.HI/c1-21(2)15-9-7-13(8-10-15)12-19-17(18)20-14-5-4-6-16(11-14)22-3;/h4-11H,12H2,1-3H3,(H3,18,19,20);1H. The maximum atomic E-state index is 5.91. The first-order valence-corrected chi connectivity index (χ1v) is 7.06. The number of methoxy groups -OCH3 is 1. The molecule has 2 aromatic rings. The second-order valence-corrected chi connectivity index (χ2v) is 5.12. The highest BCUT2D eigenvalue weighted by Gasteiger charge is 1.99. The number of halogens is 1. The predicted octanol–water partition coefficient (Wildman–Crippen LogP) is 3.31. The Morgan fingerprint density at radius 1 is 1.17 bits per heavy atom. The van der Waals surface area contributed by atoms with E-state index in [-0.39, 0.29) is 24.0 Å². The van der Waals surface area contributed by atoms with Gasteiger partial charge in [0.25, 0.3) is 0 Å². The van der Waals surface area contributed by atoms with Crippen LogP contribution in [0, 0.1) is 0 Å². The minimum atomic E-state index is 0. The second kappa shape index (κ2) is 9.24. The van der Waals surface area contributed by atoms with Gasteiger partial charge in [0.1, 0.15) is 5.75 Å². The number of rotatable bonds is 5. The van der Waals surface area contributed by atoms with Crippen LogP contribution in [0.1, 0.15) is 5.56 Å². The molecule has 124 valence electrons. The number of anilines is 2. The minimum absolute atomic E-state index is 0. The summed E-state index contributed by atoms with van der Waals surface area (Å²) in [5.74, 6) is 1.15. The SMILES string of the molecule is COc1cccc(NC(N)=NCc2ccc(N(C)C)cc2)c1.I. The number of benzene rings is 2. The Morgan fingerprint density at radius 3 is 2.48 bits per heavy atom. The molecule has 23 heavy (non-hydrogen) atoms. The fourth-order valence-electron chi connectivity index (χ4n) is 1.96. The van der Waals surface area contributed by atoms with E-state index in [1.54, 1.807) is 7.11 Å². The van der Waals surface area contributed by atoms with E-state index in [2.05, 4.69) is 39.5 Å². The summed E-state index contributed by atoms with van der Waals surface area (Å²) in [7, 11) is 5.67. The molecular weight excluding hydrogens is 403 g/mol. The molecule has 5 nitrogen and oxygen atoms in total. The van der Waals surface area contributed by atoms with Gasteiger partial charge in [-0.25, -0.2) is 4.99 Å². The highest BCUT2D eigenvalue weighted by molar-refractivity contribution is 14.0. The molecule has 2 rings (SSSR count). The average molecular weight is 426 g/mol. The van der Waals surface area contributed by atoms with E-state index >= 15 is 0 Å². The van der Waals surface area contributed by atoms with Crippen LogP contribution in [0.5, 0.6) is 5.75 Å². The summed E-state index contributed by atoms with van der Waals surface area (Å²) in [6, 6.07) is 15.8. The summed E-state index contributed by atoms with van der Waals surface area (Å²) in [6.45, 7) is 0.538. The van der Waals surface area contributed by atoms with Crippen molar-refractivity contribution in [3.05, 3.63) is 54.1 Å². The van der Waals surface area contributed by atoms with Crippen molar-refractivity contribution < 1.29 is 4.74 Å². The molecule has 0 amide bonds. The highest BCUT2D eigenvalue weighted by Crippen LogP contribution is 2.16. The topological polar surface area (TPSA) is 62.9 Å². The van der Waals surface area contributed by atoms with E-state index in [1.807, 2.05) is 38.4 Å². The summed E-state index contributed by atoms with van der Waals surface area (Å²) in [5.41, 5.74) is 9.04. The van der Waals surface area contributed by atoms with Gasteiger partial charge in [0.05, 0.1) is 13.7 Å². The van der Waals surface area contributed by atoms with Gasteiger partial charge >= 0.3 is 0 Å². The van der Waals surface area contributed by atoms with Crippen LogP contribution in [0.2, 0.25) is 0 Å². The van der Waals surface area contributed by atoms with Crippen molar-refractivity contribution in [1.29, 1.82) is 0 Å². The summed E-state index contributed by atoms with van der Waals surface area (Å²) >= 11 is 0.